The van der Waals surface area contributed by atoms with Crippen molar-refractivity contribution in [3.8, 4) is 0 Å². The van der Waals surface area contributed by atoms with Crippen molar-refractivity contribution in [1.82, 2.24) is 0 Å². The third-order valence-electron chi connectivity index (χ3n) is 4.00. The first kappa shape index (κ1) is 13.2. The minimum Gasteiger partial charge on any atom is -0.462 e. The van der Waals surface area contributed by atoms with Crippen LogP contribution in [0.2, 0.25) is 0 Å². The van der Waals surface area contributed by atoms with Crippen molar-refractivity contribution in [2.75, 3.05) is 13.2 Å². The van der Waals surface area contributed by atoms with Crippen molar-refractivity contribution in [3.05, 3.63) is 34.4 Å². The first-order valence-electron chi connectivity index (χ1n) is 7.26. The van der Waals surface area contributed by atoms with Crippen LogP contribution in [0.25, 0.3) is 0 Å². The monoisotopic (exact) mass is 274 g/mol. The Morgan fingerprint density at radius 3 is 1.55 bits per heavy atom. The van der Waals surface area contributed by atoms with Gasteiger partial charge >= 0.3 is 11.9 Å². The van der Waals surface area contributed by atoms with Gasteiger partial charge in [-0.3, -0.25) is 0 Å². The quantitative estimate of drug-likeness (QED) is 0.682. The first-order valence-corrected chi connectivity index (χ1v) is 7.26. The van der Waals surface area contributed by atoms with Crippen LogP contribution in [0.1, 0.15) is 57.5 Å². The topological polar surface area (TPSA) is 52.6 Å². The molecule has 0 unspecified atom stereocenters. The number of ether oxygens (including phenoxy) is 2. The summed E-state index contributed by atoms with van der Waals surface area (Å²) < 4.78 is 10.6. The molecule has 20 heavy (non-hydrogen) atoms. The van der Waals surface area contributed by atoms with E-state index in [1.165, 1.54) is 0 Å². The number of hydrogen-bond donors (Lipinski definition) is 0. The molecule has 0 radical (unpaired) electrons. The lowest BCUT2D eigenvalue weighted by molar-refractivity contribution is 0.0464. The smallest absolute Gasteiger partial charge is 0.338 e. The molecule has 1 aliphatic heterocycles. The van der Waals surface area contributed by atoms with Gasteiger partial charge in [-0.1, -0.05) is 0 Å². The number of carbonyl (C=O) groups excluding carboxylic acids is 2. The molecule has 1 aromatic rings. The molecule has 2 bridgehead atoms. The van der Waals surface area contributed by atoms with Gasteiger partial charge in [-0.2, -0.15) is 0 Å². The number of carbonyl (C=O) groups is 2. The van der Waals surface area contributed by atoms with E-state index in [2.05, 4.69) is 0 Å². The molecule has 1 aromatic carbocycles. The number of rotatable bonds is 0. The van der Waals surface area contributed by atoms with Gasteiger partial charge in [0.2, 0.25) is 0 Å². The predicted octanol–water partition coefficient (Wildman–Crippen LogP) is 2.67. The van der Waals surface area contributed by atoms with Crippen LogP contribution in [-0.2, 0) is 22.3 Å². The zero-order chi connectivity index (χ0) is 13.9. The van der Waals surface area contributed by atoms with Gasteiger partial charge in [0.15, 0.2) is 0 Å². The van der Waals surface area contributed by atoms with Crippen molar-refractivity contribution in [1.29, 1.82) is 0 Å². The third kappa shape index (κ3) is 2.42. The molecule has 4 nitrogen and oxygen atoms in total. The van der Waals surface area contributed by atoms with Gasteiger partial charge in [-0.15, -0.1) is 0 Å². The Balaban J connectivity index is 1.91. The molecule has 0 N–H and O–H groups in total. The number of cyclic esters (lactones) is 2. The Bertz CT molecular complexity index is 499. The predicted molar refractivity (Wildman–Crippen MR) is 72.9 cm³/mol. The largest absolute Gasteiger partial charge is 0.462 e. The van der Waals surface area contributed by atoms with Gasteiger partial charge in [0.25, 0.3) is 0 Å². The molecular weight excluding hydrogens is 256 g/mol. The summed E-state index contributed by atoms with van der Waals surface area (Å²) in [5.74, 6) is -0.532. The Kier molecular flexibility index (Phi) is 3.72. The molecule has 2 aliphatic rings. The van der Waals surface area contributed by atoms with E-state index in [0.29, 0.717) is 24.3 Å². The second kappa shape index (κ2) is 5.65. The fourth-order valence-electron chi connectivity index (χ4n) is 2.76. The summed E-state index contributed by atoms with van der Waals surface area (Å²) in [5.41, 5.74) is 3.14. The standard InChI is InChI=1S/C16H18O4/c17-15-13-7-8-14(12-6-5-11(12)13)16(18)20-10-4-2-1-3-9-19-15/h7-8H,1-6,9-10H2. The SMILES string of the molecule is O=C1OCCCCCCOC(=O)c2ccc1c1c2CC1. The lowest BCUT2D eigenvalue weighted by Gasteiger charge is -2.24. The van der Waals surface area contributed by atoms with Gasteiger partial charge in [0.1, 0.15) is 0 Å². The second-order valence-corrected chi connectivity index (χ2v) is 5.30. The number of benzene rings is 1. The van der Waals surface area contributed by atoms with Crippen LogP contribution in [0.3, 0.4) is 0 Å². The molecule has 0 amide bonds. The minimum atomic E-state index is -0.266. The average molecular weight is 274 g/mol. The fourth-order valence-corrected chi connectivity index (χ4v) is 2.76. The highest BCUT2D eigenvalue weighted by Gasteiger charge is 2.28. The summed E-state index contributed by atoms with van der Waals surface area (Å²) in [5, 5.41) is 0. The molecule has 3 rings (SSSR count). The molecule has 4 heteroatoms. The summed E-state index contributed by atoms with van der Waals surface area (Å²) in [4.78, 5) is 24.1. The minimum absolute atomic E-state index is 0.266. The van der Waals surface area contributed by atoms with Crippen LogP contribution in [-0.4, -0.2) is 25.2 Å². The van der Waals surface area contributed by atoms with Gasteiger partial charge in [-0.25, -0.2) is 9.59 Å². The highest BCUT2D eigenvalue weighted by Crippen LogP contribution is 2.31. The molecule has 0 saturated carbocycles. The Morgan fingerprint density at radius 1 is 0.700 bits per heavy atom. The van der Waals surface area contributed by atoms with E-state index in [9.17, 15) is 9.59 Å². The fraction of sp³-hybridized carbons (Fsp3) is 0.500. The van der Waals surface area contributed by atoms with E-state index in [1.54, 1.807) is 12.1 Å². The molecule has 0 fully saturated rings. The van der Waals surface area contributed by atoms with Crippen LogP contribution in [0.4, 0.5) is 0 Å². The summed E-state index contributed by atoms with van der Waals surface area (Å²) in [6.07, 6.45) is 5.36. The first-order chi connectivity index (χ1) is 9.77. The van der Waals surface area contributed by atoms with Crippen LogP contribution < -0.4 is 0 Å². The van der Waals surface area contributed by atoms with Crippen molar-refractivity contribution >= 4 is 11.9 Å². The average Bonchev–Trinajstić information content (AvgIpc) is 2.40. The number of esters is 2. The second-order valence-electron chi connectivity index (χ2n) is 5.30. The molecule has 0 saturated heterocycles. The molecular formula is C16H18O4. The molecule has 0 spiro atoms. The summed E-state index contributed by atoms with van der Waals surface area (Å²) in [6, 6.07) is 3.39. The molecule has 106 valence electrons. The van der Waals surface area contributed by atoms with Gasteiger partial charge in [0.05, 0.1) is 24.3 Å². The van der Waals surface area contributed by atoms with E-state index < -0.39 is 0 Å². The van der Waals surface area contributed by atoms with Crippen molar-refractivity contribution in [3.63, 3.8) is 0 Å². The van der Waals surface area contributed by atoms with Crippen LogP contribution in [0.5, 0.6) is 0 Å². The van der Waals surface area contributed by atoms with Gasteiger partial charge < -0.3 is 9.47 Å². The van der Waals surface area contributed by atoms with Gasteiger partial charge in [-0.05, 0) is 61.8 Å². The lowest BCUT2D eigenvalue weighted by Crippen LogP contribution is -2.22. The maximum atomic E-state index is 12.0. The van der Waals surface area contributed by atoms with Crippen LogP contribution in [0.15, 0.2) is 12.1 Å². The van der Waals surface area contributed by atoms with Crippen molar-refractivity contribution < 1.29 is 19.1 Å². The molecule has 1 aliphatic carbocycles. The highest BCUT2D eigenvalue weighted by molar-refractivity contribution is 5.97. The van der Waals surface area contributed by atoms with E-state index in [4.69, 9.17) is 9.47 Å². The third-order valence-corrected chi connectivity index (χ3v) is 4.00. The van der Waals surface area contributed by atoms with Crippen molar-refractivity contribution in [2.24, 2.45) is 0 Å². The maximum Gasteiger partial charge on any atom is 0.338 e. The summed E-state index contributed by atoms with van der Waals surface area (Å²) in [7, 11) is 0. The van der Waals surface area contributed by atoms with E-state index >= 15 is 0 Å². The molecule has 1 heterocycles. The van der Waals surface area contributed by atoms with Crippen LogP contribution in [0, 0.1) is 0 Å². The van der Waals surface area contributed by atoms with Gasteiger partial charge in [0, 0.05) is 0 Å². The number of fused-ring (bicyclic) bond motifs is 6. The number of hydrogen-bond acceptors (Lipinski definition) is 4. The summed E-state index contributed by atoms with van der Waals surface area (Å²) in [6.45, 7) is 0.935. The molecule has 0 atom stereocenters. The summed E-state index contributed by atoms with van der Waals surface area (Å²) >= 11 is 0. The lowest BCUT2D eigenvalue weighted by atomic mass is 9.81. The zero-order valence-electron chi connectivity index (χ0n) is 11.4. The highest BCUT2D eigenvalue weighted by atomic mass is 16.5. The normalized spacial score (nSPS) is 19.4. The Hall–Kier alpha value is -1.84. The Morgan fingerprint density at radius 2 is 1.15 bits per heavy atom. The van der Waals surface area contributed by atoms with E-state index in [1.807, 2.05) is 0 Å². The van der Waals surface area contributed by atoms with E-state index in [-0.39, 0.29) is 11.9 Å². The molecule has 0 aromatic heterocycles. The van der Waals surface area contributed by atoms with Crippen molar-refractivity contribution in [2.45, 2.75) is 38.5 Å². The zero-order valence-corrected chi connectivity index (χ0v) is 11.4. The van der Waals surface area contributed by atoms with Crippen LogP contribution >= 0.6 is 0 Å². The van der Waals surface area contributed by atoms with E-state index in [0.717, 1.165) is 49.7 Å². The maximum absolute atomic E-state index is 12.0. The Labute approximate surface area is 118 Å².